The molecule has 1 saturated carbocycles. The molecule has 1 fully saturated rings. The molecule has 0 saturated heterocycles. The van der Waals surface area contributed by atoms with E-state index in [0.29, 0.717) is 6.42 Å². The van der Waals surface area contributed by atoms with E-state index in [1.807, 2.05) is 0 Å². The van der Waals surface area contributed by atoms with Crippen LogP contribution in [0.15, 0.2) is 0 Å². The van der Waals surface area contributed by atoms with Gasteiger partial charge in [0, 0.05) is 0 Å². The molecule has 0 amide bonds. The predicted octanol–water partition coefficient (Wildman–Crippen LogP) is 1.49. The molecule has 0 heterocycles. The summed E-state index contributed by atoms with van der Waals surface area (Å²) in [7, 11) is 1.31. The normalized spacial score (nSPS) is 20.2. The first-order chi connectivity index (χ1) is 6.24. The Kier molecular flexibility index (Phi) is 4.22. The number of hydrogen-bond donors (Lipinski definition) is 1. The van der Waals surface area contributed by atoms with Crippen molar-refractivity contribution in [2.24, 2.45) is 5.92 Å². The summed E-state index contributed by atoms with van der Waals surface area (Å²) in [4.78, 5) is 10.8. The van der Waals surface area contributed by atoms with Crippen molar-refractivity contribution in [2.75, 3.05) is 7.11 Å². The van der Waals surface area contributed by atoms with Gasteiger partial charge in [0.1, 0.15) is 0 Å². The second-order valence-electron chi connectivity index (χ2n) is 3.77. The molecule has 0 aromatic heterocycles. The van der Waals surface area contributed by atoms with Gasteiger partial charge in [0.15, 0.2) is 6.10 Å². The smallest absolute Gasteiger partial charge is 0.334 e. The lowest BCUT2D eigenvalue weighted by atomic mass is 10.00. The van der Waals surface area contributed by atoms with Crippen molar-refractivity contribution in [1.29, 1.82) is 0 Å². The molecule has 0 radical (unpaired) electrons. The van der Waals surface area contributed by atoms with Crippen molar-refractivity contribution in [3.8, 4) is 0 Å². The van der Waals surface area contributed by atoms with Crippen LogP contribution in [-0.2, 0) is 9.53 Å². The van der Waals surface area contributed by atoms with Crippen molar-refractivity contribution >= 4 is 5.97 Å². The molecule has 0 bridgehead atoms. The third kappa shape index (κ3) is 3.35. The van der Waals surface area contributed by atoms with Gasteiger partial charge in [-0.2, -0.15) is 0 Å². The van der Waals surface area contributed by atoms with Crippen LogP contribution in [0.3, 0.4) is 0 Å². The summed E-state index contributed by atoms with van der Waals surface area (Å²) in [5, 5.41) is 9.30. The van der Waals surface area contributed by atoms with Crippen molar-refractivity contribution < 1.29 is 14.6 Å². The van der Waals surface area contributed by atoms with Crippen LogP contribution in [0.5, 0.6) is 0 Å². The maximum Gasteiger partial charge on any atom is 0.334 e. The molecule has 0 aromatic carbocycles. The van der Waals surface area contributed by atoms with Gasteiger partial charge in [-0.05, 0) is 18.8 Å². The molecule has 1 atom stereocenters. The zero-order valence-corrected chi connectivity index (χ0v) is 8.16. The molecule has 0 aromatic rings. The fraction of sp³-hybridized carbons (Fsp3) is 0.900. The lowest BCUT2D eigenvalue weighted by Gasteiger charge is -2.11. The van der Waals surface area contributed by atoms with Crippen molar-refractivity contribution in [2.45, 2.75) is 44.6 Å². The number of rotatable bonds is 4. The van der Waals surface area contributed by atoms with E-state index in [9.17, 15) is 9.90 Å². The van der Waals surface area contributed by atoms with E-state index in [4.69, 9.17) is 0 Å². The van der Waals surface area contributed by atoms with Crippen LogP contribution in [0, 0.1) is 5.92 Å². The van der Waals surface area contributed by atoms with Crippen molar-refractivity contribution in [3.63, 3.8) is 0 Å². The van der Waals surface area contributed by atoms with Gasteiger partial charge >= 0.3 is 5.97 Å². The minimum atomic E-state index is -0.911. The largest absolute Gasteiger partial charge is 0.467 e. The van der Waals surface area contributed by atoms with Crippen LogP contribution >= 0.6 is 0 Å². The second-order valence-corrected chi connectivity index (χ2v) is 3.77. The molecular weight excluding hydrogens is 168 g/mol. The van der Waals surface area contributed by atoms with Crippen LogP contribution < -0.4 is 0 Å². The highest BCUT2D eigenvalue weighted by molar-refractivity contribution is 5.74. The van der Waals surface area contributed by atoms with Crippen LogP contribution in [0.2, 0.25) is 0 Å². The lowest BCUT2D eigenvalue weighted by molar-refractivity contribution is -0.150. The Morgan fingerprint density at radius 2 is 2.15 bits per heavy atom. The van der Waals surface area contributed by atoms with Gasteiger partial charge in [-0.3, -0.25) is 0 Å². The summed E-state index contributed by atoms with van der Waals surface area (Å²) in [5.74, 6) is 0.220. The molecule has 3 heteroatoms. The van der Waals surface area contributed by atoms with E-state index < -0.39 is 12.1 Å². The fourth-order valence-electron chi connectivity index (χ4n) is 1.95. The Balaban J connectivity index is 2.13. The molecule has 76 valence electrons. The van der Waals surface area contributed by atoms with Crippen LogP contribution in [-0.4, -0.2) is 24.3 Å². The Bertz CT molecular complexity index is 162. The number of carbonyl (C=O) groups excluding carboxylic acids is 1. The van der Waals surface area contributed by atoms with Crippen LogP contribution in [0.25, 0.3) is 0 Å². The summed E-state index contributed by atoms with van der Waals surface area (Å²) < 4.78 is 4.44. The summed E-state index contributed by atoms with van der Waals surface area (Å²) >= 11 is 0. The first kappa shape index (κ1) is 10.5. The Labute approximate surface area is 79.1 Å². The highest BCUT2D eigenvalue weighted by Crippen LogP contribution is 2.28. The molecule has 0 spiro atoms. The predicted molar refractivity (Wildman–Crippen MR) is 49.2 cm³/mol. The lowest BCUT2D eigenvalue weighted by Crippen LogP contribution is -2.22. The maximum absolute atomic E-state index is 10.8. The SMILES string of the molecule is COC(=O)C(O)CCC1CCCC1. The summed E-state index contributed by atoms with van der Waals surface area (Å²) in [6.07, 6.45) is 5.72. The fourth-order valence-corrected chi connectivity index (χ4v) is 1.95. The second kappa shape index (κ2) is 5.22. The molecule has 3 nitrogen and oxygen atoms in total. The van der Waals surface area contributed by atoms with Gasteiger partial charge in [-0.15, -0.1) is 0 Å². The molecule has 1 rings (SSSR count). The summed E-state index contributed by atoms with van der Waals surface area (Å²) in [5.41, 5.74) is 0. The summed E-state index contributed by atoms with van der Waals surface area (Å²) in [6, 6.07) is 0. The maximum atomic E-state index is 10.8. The van der Waals surface area contributed by atoms with Crippen molar-refractivity contribution in [1.82, 2.24) is 0 Å². The van der Waals surface area contributed by atoms with E-state index in [-0.39, 0.29) is 0 Å². The average Bonchev–Trinajstić information content (AvgIpc) is 2.65. The molecule has 1 N–H and O–H groups in total. The number of aliphatic hydroxyl groups is 1. The van der Waals surface area contributed by atoms with E-state index in [0.717, 1.165) is 12.3 Å². The molecular formula is C10H18O3. The number of esters is 1. The van der Waals surface area contributed by atoms with Crippen molar-refractivity contribution in [3.05, 3.63) is 0 Å². The third-order valence-electron chi connectivity index (χ3n) is 2.80. The van der Waals surface area contributed by atoms with Gasteiger partial charge in [0.2, 0.25) is 0 Å². The number of hydrogen-bond acceptors (Lipinski definition) is 3. The first-order valence-corrected chi connectivity index (χ1v) is 5.00. The molecule has 1 aliphatic rings. The Morgan fingerprint density at radius 3 is 2.69 bits per heavy atom. The van der Waals surface area contributed by atoms with Gasteiger partial charge in [-0.1, -0.05) is 25.7 Å². The minimum Gasteiger partial charge on any atom is -0.467 e. The van der Waals surface area contributed by atoms with E-state index >= 15 is 0 Å². The first-order valence-electron chi connectivity index (χ1n) is 5.00. The number of aliphatic hydroxyl groups excluding tert-OH is 1. The Morgan fingerprint density at radius 1 is 1.54 bits per heavy atom. The zero-order chi connectivity index (χ0) is 9.68. The van der Waals surface area contributed by atoms with E-state index in [2.05, 4.69) is 4.74 Å². The van der Waals surface area contributed by atoms with E-state index in [1.165, 1.54) is 32.8 Å². The zero-order valence-electron chi connectivity index (χ0n) is 8.16. The number of ether oxygens (including phenoxy) is 1. The van der Waals surface area contributed by atoms with Gasteiger partial charge in [0.05, 0.1) is 7.11 Å². The quantitative estimate of drug-likeness (QED) is 0.677. The molecule has 0 aliphatic heterocycles. The molecule has 1 aliphatic carbocycles. The highest BCUT2D eigenvalue weighted by Gasteiger charge is 2.20. The topological polar surface area (TPSA) is 46.5 Å². The minimum absolute atomic E-state index is 0.502. The highest BCUT2D eigenvalue weighted by atomic mass is 16.5. The molecule has 13 heavy (non-hydrogen) atoms. The number of carbonyl (C=O) groups is 1. The average molecular weight is 186 g/mol. The van der Waals surface area contributed by atoms with Crippen LogP contribution in [0.1, 0.15) is 38.5 Å². The molecule has 1 unspecified atom stereocenters. The standard InChI is InChI=1S/C10H18O3/c1-13-10(12)9(11)7-6-8-4-2-3-5-8/h8-9,11H,2-7H2,1H3. The number of methoxy groups -OCH3 is 1. The Hall–Kier alpha value is -0.570. The van der Waals surface area contributed by atoms with Gasteiger partial charge in [-0.25, -0.2) is 4.79 Å². The third-order valence-corrected chi connectivity index (χ3v) is 2.80. The summed E-state index contributed by atoms with van der Waals surface area (Å²) in [6.45, 7) is 0. The van der Waals surface area contributed by atoms with Crippen LogP contribution in [0.4, 0.5) is 0 Å². The van der Waals surface area contributed by atoms with Gasteiger partial charge < -0.3 is 9.84 Å². The van der Waals surface area contributed by atoms with E-state index in [1.54, 1.807) is 0 Å². The monoisotopic (exact) mass is 186 g/mol. The van der Waals surface area contributed by atoms with Gasteiger partial charge in [0.25, 0.3) is 0 Å².